The van der Waals surface area contributed by atoms with Crippen molar-refractivity contribution in [1.29, 1.82) is 0 Å². The number of aromatic hydroxyl groups is 1. The van der Waals surface area contributed by atoms with E-state index >= 15 is 0 Å². The first-order chi connectivity index (χ1) is 15.5. The third kappa shape index (κ3) is 2.68. The number of amides is 2. The minimum absolute atomic E-state index is 0.0551. The molecule has 3 aromatic rings. The van der Waals surface area contributed by atoms with E-state index in [9.17, 15) is 19.8 Å². The van der Waals surface area contributed by atoms with Crippen LogP contribution in [-0.2, 0) is 0 Å². The first-order valence-electron chi connectivity index (χ1n) is 9.81. The highest BCUT2D eigenvalue weighted by molar-refractivity contribution is 6.29. The second-order valence-corrected chi connectivity index (χ2v) is 7.28. The van der Waals surface area contributed by atoms with Gasteiger partial charge >= 0.3 is 0 Å². The van der Waals surface area contributed by atoms with E-state index < -0.39 is 18.4 Å². The van der Waals surface area contributed by atoms with Gasteiger partial charge in [0, 0.05) is 10.9 Å². The second kappa shape index (κ2) is 7.31. The Bertz CT molecular complexity index is 1300. The molecule has 9 nitrogen and oxygen atoms in total. The summed E-state index contributed by atoms with van der Waals surface area (Å²) in [5.74, 6) is 0.216. The maximum absolute atomic E-state index is 13.3. The van der Waals surface area contributed by atoms with Crippen molar-refractivity contribution in [3.05, 3.63) is 41.5 Å². The van der Waals surface area contributed by atoms with Crippen molar-refractivity contribution in [3.63, 3.8) is 0 Å². The van der Waals surface area contributed by atoms with E-state index in [-0.39, 0.29) is 30.2 Å². The van der Waals surface area contributed by atoms with Crippen LogP contribution in [0, 0.1) is 0 Å². The van der Waals surface area contributed by atoms with Gasteiger partial charge in [0.05, 0.1) is 38.5 Å². The van der Waals surface area contributed by atoms with Crippen LogP contribution in [0.25, 0.3) is 21.9 Å². The van der Waals surface area contributed by atoms with Crippen LogP contribution in [-0.4, -0.2) is 61.1 Å². The van der Waals surface area contributed by atoms with Gasteiger partial charge in [-0.05, 0) is 35.2 Å². The highest BCUT2D eigenvalue weighted by Crippen LogP contribution is 2.49. The second-order valence-electron chi connectivity index (χ2n) is 7.28. The summed E-state index contributed by atoms with van der Waals surface area (Å²) in [6.07, 6.45) is 0. The Morgan fingerprint density at radius 1 is 0.906 bits per heavy atom. The number of imide groups is 1. The summed E-state index contributed by atoms with van der Waals surface area (Å²) in [5.41, 5.74) is 0.968. The molecule has 3 aromatic carbocycles. The summed E-state index contributed by atoms with van der Waals surface area (Å²) in [7, 11) is 2.94. The number of rotatable bonds is 5. The average Bonchev–Trinajstić information content (AvgIpc) is 3.37. The normalized spacial score (nSPS) is 14.3. The molecule has 0 unspecified atom stereocenters. The number of phenols is 1. The van der Waals surface area contributed by atoms with Crippen molar-refractivity contribution in [2.75, 3.05) is 34.2 Å². The number of carbonyl (C=O) groups is 2. The van der Waals surface area contributed by atoms with Crippen LogP contribution in [0.1, 0.15) is 20.7 Å². The monoisotopic (exact) mass is 437 g/mol. The molecular weight excluding hydrogens is 418 g/mol. The van der Waals surface area contributed by atoms with Crippen LogP contribution in [0.4, 0.5) is 0 Å². The number of aliphatic hydroxyl groups is 1. The molecule has 2 heterocycles. The highest BCUT2D eigenvalue weighted by Gasteiger charge is 2.41. The van der Waals surface area contributed by atoms with Gasteiger partial charge in [-0.3, -0.25) is 14.5 Å². The lowest BCUT2D eigenvalue weighted by molar-refractivity contribution is 0.0623. The molecule has 0 spiro atoms. The lowest BCUT2D eigenvalue weighted by atomic mass is 9.89. The fraction of sp³-hybridized carbons (Fsp3) is 0.217. The first kappa shape index (κ1) is 20.0. The van der Waals surface area contributed by atoms with Crippen molar-refractivity contribution >= 4 is 22.6 Å². The summed E-state index contributed by atoms with van der Waals surface area (Å²) < 4.78 is 21.7. The van der Waals surface area contributed by atoms with Crippen LogP contribution in [0.2, 0.25) is 0 Å². The van der Waals surface area contributed by atoms with Gasteiger partial charge in [0.25, 0.3) is 11.8 Å². The minimum Gasteiger partial charge on any atom is -0.506 e. The van der Waals surface area contributed by atoms with Crippen molar-refractivity contribution < 1.29 is 38.7 Å². The Morgan fingerprint density at radius 2 is 1.56 bits per heavy atom. The standard InChI is InChI=1S/C23H19NO8/c1-29-15-8-12-13(9-16(15)30-2)21(26)20-19(22(27)24(5-6-25)23(20)28)18(12)11-3-4-14-17(7-11)32-10-31-14/h3-4,7-9,25-26H,5-6,10H2,1-2H3. The average molecular weight is 437 g/mol. The Hall–Kier alpha value is -3.98. The van der Waals surface area contributed by atoms with Crippen LogP contribution in [0.3, 0.4) is 0 Å². The molecule has 0 bridgehead atoms. The third-order valence-electron chi connectivity index (χ3n) is 5.69. The molecule has 0 saturated carbocycles. The molecule has 0 atom stereocenters. The topological polar surface area (TPSA) is 115 Å². The smallest absolute Gasteiger partial charge is 0.265 e. The van der Waals surface area contributed by atoms with E-state index in [0.717, 1.165) is 4.90 Å². The SMILES string of the molecule is COc1cc2c(O)c3c(c(-c4ccc5c(c4)OCO5)c2cc1OC)C(=O)N(CCO)C3=O. The molecular formula is C23H19NO8. The van der Waals surface area contributed by atoms with Crippen LogP contribution in [0.5, 0.6) is 28.7 Å². The summed E-state index contributed by atoms with van der Waals surface area (Å²) in [5, 5.41) is 21.2. The Morgan fingerprint density at radius 3 is 2.25 bits per heavy atom. The number of methoxy groups -OCH3 is 2. The zero-order valence-corrected chi connectivity index (χ0v) is 17.3. The molecule has 2 aliphatic heterocycles. The van der Waals surface area contributed by atoms with E-state index in [4.69, 9.17) is 18.9 Å². The van der Waals surface area contributed by atoms with Gasteiger partial charge in [-0.2, -0.15) is 0 Å². The fourth-order valence-corrected chi connectivity index (χ4v) is 4.23. The van der Waals surface area contributed by atoms with Gasteiger partial charge in [-0.25, -0.2) is 0 Å². The summed E-state index contributed by atoms with van der Waals surface area (Å²) in [6, 6.07) is 8.41. The summed E-state index contributed by atoms with van der Waals surface area (Å²) >= 11 is 0. The number of phenolic OH excluding ortho intramolecular Hbond substituents is 1. The van der Waals surface area contributed by atoms with Gasteiger partial charge < -0.3 is 29.2 Å². The zero-order chi connectivity index (χ0) is 22.6. The number of aliphatic hydroxyl groups excluding tert-OH is 1. The minimum atomic E-state index is -0.671. The summed E-state index contributed by atoms with van der Waals surface area (Å²) in [4.78, 5) is 27.2. The van der Waals surface area contributed by atoms with E-state index in [2.05, 4.69) is 0 Å². The van der Waals surface area contributed by atoms with Gasteiger partial charge in [-0.15, -0.1) is 0 Å². The lowest BCUT2D eigenvalue weighted by Crippen LogP contribution is -2.32. The first-order valence-corrected chi connectivity index (χ1v) is 9.81. The van der Waals surface area contributed by atoms with Gasteiger partial charge in [0.15, 0.2) is 23.0 Å². The molecule has 5 rings (SSSR count). The predicted octanol–water partition coefficient (Wildman–Crippen LogP) is 2.55. The van der Waals surface area contributed by atoms with Crippen molar-refractivity contribution in [1.82, 2.24) is 4.90 Å². The number of nitrogens with zero attached hydrogens (tertiary/aromatic N) is 1. The Kier molecular flexibility index (Phi) is 4.56. The highest BCUT2D eigenvalue weighted by atomic mass is 16.7. The number of fused-ring (bicyclic) bond motifs is 3. The number of hydrogen-bond donors (Lipinski definition) is 2. The maximum Gasteiger partial charge on any atom is 0.265 e. The molecule has 2 N–H and O–H groups in total. The molecule has 32 heavy (non-hydrogen) atoms. The molecule has 0 radical (unpaired) electrons. The van der Waals surface area contributed by atoms with Gasteiger partial charge in [-0.1, -0.05) is 6.07 Å². The van der Waals surface area contributed by atoms with Crippen LogP contribution >= 0.6 is 0 Å². The molecule has 0 saturated heterocycles. The number of carbonyl (C=O) groups excluding carboxylic acids is 2. The summed E-state index contributed by atoms with van der Waals surface area (Å²) in [6.45, 7) is -0.498. The molecule has 2 aliphatic rings. The number of β-amino-alcohol motifs (C(OH)–C–C–N with tert-alkyl or cyclic N) is 1. The Labute approximate surface area is 182 Å². The number of hydrogen-bond acceptors (Lipinski definition) is 8. The molecule has 0 fully saturated rings. The van der Waals surface area contributed by atoms with E-state index in [1.165, 1.54) is 14.2 Å². The van der Waals surface area contributed by atoms with E-state index in [1.54, 1.807) is 30.3 Å². The molecule has 0 aliphatic carbocycles. The molecule has 9 heteroatoms. The molecule has 0 aromatic heterocycles. The van der Waals surface area contributed by atoms with Gasteiger partial charge in [0.1, 0.15) is 5.75 Å². The lowest BCUT2D eigenvalue weighted by Gasteiger charge is -2.16. The van der Waals surface area contributed by atoms with Crippen molar-refractivity contribution in [3.8, 4) is 39.9 Å². The maximum atomic E-state index is 13.3. The van der Waals surface area contributed by atoms with E-state index in [0.29, 0.717) is 44.9 Å². The zero-order valence-electron chi connectivity index (χ0n) is 17.3. The van der Waals surface area contributed by atoms with Crippen LogP contribution < -0.4 is 18.9 Å². The Balaban J connectivity index is 1.90. The predicted molar refractivity (Wildman–Crippen MR) is 113 cm³/mol. The van der Waals surface area contributed by atoms with Gasteiger partial charge in [0.2, 0.25) is 6.79 Å². The fourth-order valence-electron chi connectivity index (χ4n) is 4.23. The number of benzene rings is 3. The van der Waals surface area contributed by atoms with Crippen LogP contribution in [0.15, 0.2) is 30.3 Å². The third-order valence-corrected chi connectivity index (χ3v) is 5.69. The molecule has 164 valence electrons. The van der Waals surface area contributed by atoms with E-state index in [1.807, 2.05) is 0 Å². The number of ether oxygens (including phenoxy) is 4. The molecule has 2 amide bonds. The van der Waals surface area contributed by atoms with Crippen molar-refractivity contribution in [2.24, 2.45) is 0 Å². The largest absolute Gasteiger partial charge is 0.506 e. The van der Waals surface area contributed by atoms with Crippen molar-refractivity contribution in [2.45, 2.75) is 0 Å². The quantitative estimate of drug-likeness (QED) is 0.586.